The molecule has 4 nitrogen and oxygen atoms in total. The van der Waals surface area contributed by atoms with Crippen molar-refractivity contribution < 1.29 is 28.5 Å². The molecule has 2 unspecified atom stereocenters. The maximum absolute atomic E-state index is 12.1. The molecule has 0 aliphatic rings. The molecule has 1 aromatic rings. The predicted octanol–water partition coefficient (Wildman–Crippen LogP) is 0.437. The van der Waals surface area contributed by atoms with Crippen LogP contribution in [0.25, 0.3) is 0 Å². The number of alkyl halides is 3. The molecule has 1 heterocycles. The van der Waals surface area contributed by atoms with Crippen LogP contribution in [0.5, 0.6) is 0 Å². The lowest BCUT2D eigenvalue weighted by molar-refractivity contribution is -0.206. The summed E-state index contributed by atoms with van der Waals surface area (Å²) in [5.74, 6) is 0. The molecule has 0 fully saturated rings. The van der Waals surface area contributed by atoms with E-state index >= 15 is 0 Å². The smallest absolute Gasteiger partial charge is 0.394 e. The molecule has 0 aliphatic heterocycles. The van der Waals surface area contributed by atoms with Crippen LogP contribution in [0.2, 0.25) is 0 Å². The second kappa shape index (κ2) is 4.86. The second-order valence-corrected chi connectivity index (χ2v) is 3.42. The van der Waals surface area contributed by atoms with Crippen molar-refractivity contribution in [3.05, 3.63) is 24.0 Å². The summed E-state index contributed by atoms with van der Waals surface area (Å²) in [5, 5.41) is 26.5. The van der Waals surface area contributed by atoms with Gasteiger partial charge in [0.05, 0.1) is 19.3 Å². The van der Waals surface area contributed by atoms with Gasteiger partial charge in [0.1, 0.15) is 0 Å². The molecule has 0 aromatic carbocycles. The lowest BCUT2D eigenvalue weighted by Gasteiger charge is -2.13. The Morgan fingerprint density at radius 1 is 1.31 bits per heavy atom. The highest BCUT2D eigenvalue weighted by Crippen LogP contribution is 2.32. The molecule has 92 valence electrons. The number of aromatic nitrogens is 1. The van der Waals surface area contributed by atoms with Crippen molar-refractivity contribution in [2.75, 3.05) is 6.61 Å². The first kappa shape index (κ1) is 13.0. The zero-order valence-electron chi connectivity index (χ0n) is 8.22. The van der Waals surface area contributed by atoms with Crippen LogP contribution in [-0.2, 0) is 6.54 Å². The Kier molecular flexibility index (Phi) is 3.95. The molecule has 3 N–H and O–H groups in total. The van der Waals surface area contributed by atoms with E-state index in [0.29, 0.717) is 0 Å². The van der Waals surface area contributed by atoms with Gasteiger partial charge in [0.2, 0.25) is 0 Å². The fourth-order valence-corrected chi connectivity index (χ4v) is 1.22. The Hall–Kier alpha value is -1.05. The maximum atomic E-state index is 12.1. The quantitative estimate of drug-likeness (QED) is 0.714. The summed E-state index contributed by atoms with van der Waals surface area (Å²) < 4.78 is 37.6. The normalized spacial score (nSPS) is 16.1. The van der Waals surface area contributed by atoms with Crippen LogP contribution in [0.1, 0.15) is 11.7 Å². The summed E-state index contributed by atoms with van der Waals surface area (Å²) >= 11 is 0. The summed E-state index contributed by atoms with van der Waals surface area (Å²) in [4.78, 5) is 0. The van der Waals surface area contributed by atoms with E-state index in [4.69, 9.17) is 15.3 Å². The molecule has 2 atom stereocenters. The maximum Gasteiger partial charge on any atom is 0.418 e. The highest BCUT2D eigenvalue weighted by Gasteiger charge is 2.39. The first-order chi connectivity index (χ1) is 7.34. The van der Waals surface area contributed by atoms with E-state index in [2.05, 4.69) is 0 Å². The van der Waals surface area contributed by atoms with Crippen LogP contribution in [0, 0.1) is 0 Å². The van der Waals surface area contributed by atoms with E-state index < -0.39 is 25.0 Å². The summed E-state index contributed by atoms with van der Waals surface area (Å²) in [7, 11) is 0. The van der Waals surface area contributed by atoms with Crippen LogP contribution >= 0.6 is 0 Å². The second-order valence-electron chi connectivity index (χ2n) is 3.42. The molecule has 0 aliphatic carbocycles. The van der Waals surface area contributed by atoms with Crippen molar-refractivity contribution >= 4 is 0 Å². The molecule has 0 amide bonds. The van der Waals surface area contributed by atoms with Gasteiger partial charge in [-0.15, -0.1) is 0 Å². The average Bonchev–Trinajstić information content (AvgIpc) is 2.63. The van der Waals surface area contributed by atoms with Crippen LogP contribution in [0.4, 0.5) is 13.2 Å². The third kappa shape index (κ3) is 3.22. The summed E-state index contributed by atoms with van der Waals surface area (Å²) in [5.41, 5.74) is -0.294. The summed E-state index contributed by atoms with van der Waals surface area (Å²) in [6, 6.07) is 1.11. The topological polar surface area (TPSA) is 65.6 Å². The van der Waals surface area contributed by atoms with Gasteiger partial charge in [-0.05, 0) is 6.07 Å². The third-order valence-electron chi connectivity index (χ3n) is 2.03. The highest BCUT2D eigenvalue weighted by atomic mass is 19.4. The van der Waals surface area contributed by atoms with E-state index in [1.54, 1.807) is 0 Å². The van der Waals surface area contributed by atoms with Gasteiger partial charge in [0.15, 0.2) is 6.10 Å². The van der Waals surface area contributed by atoms with Gasteiger partial charge >= 0.3 is 6.18 Å². The van der Waals surface area contributed by atoms with Gasteiger partial charge in [0.25, 0.3) is 0 Å². The minimum atomic E-state index is -4.71. The third-order valence-corrected chi connectivity index (χ3v) is 2.03. The lowest BCUT2D eigenvalue weighted by atomic mass is 10.2. The molecule has 16 heavy (non-hydrogen) atoms. The van der Waals surface area contributed by atoms with Gasteiger partial charge < -0.3 is 19.9 Å². The molecule has 0 saturated carbocycles. The molecular formula is C9H12F3NO3. The number of aliphatic hydroxyl groups is 3. The van der Waals surface area contributed by atoms with Crippen molar-refractivity contribution in [2.24, 2.45) is 0 Å². The van der Waals surface area contributed by atoms with Crippen LogP contribution < -0.4 is 0 Å². The predicted molar refractivity (Wildman–Crippen MR) is 48.5 cm³/mol. The standard InChI is InChI=1S/C9H12F3NO3/c10-9(11,12)8(16)6-1-2-13(3-6)4-7(15)5-14/h1-3,7-8,14-16H,4-5H2. The van der Waals surface area contributed by atoms with E-state index in [1.165, 1.54) is 10.8 Å². The van der Waals surface area contributed by atoms with Gasteiger partial charge in [-0.3, -0.25) is 0 Å². The van der Waals surface area contributed by atoms with E-state index in [1.807, 2.05) is 0 Å². The van der Waals surface area contributed by atoms with Gasteiger partial charge in [-0.25, -0.2) is 0 Å². The molecule has 7 heteroatoms. The Balaban J connectivity index is 2.71. The van der Waals surface area contributed by atoms with E-state index in [-0.39, 0.29) is 12.1 Å². The number of hydrogen-bond donors (Lipinski definition) is 3. The monoisotopic (exact) mass is 239 g/mol. The van der Waals surface area contributed by atoms with Gasteiger partial charge in [-0.1, -0.05) is 0 Å². The van der Waals surface area contributed by atoms with Crippen molar-refractivity contribution in [3.8, 4) is 0 Å². The molecule has 1 aromatic heterocycles. The minimum absolute atomic E-state index is 0.0267. The van der Waals surface area contributed by atoms with Crippen LogP contribution in [-0.4, -0.2) is 38.8 Å². The molecule has 0 spiro atoms. The highest BCUT2D eigenvalue weighted by molar-refractivity contribution is 5.15. The Bertz CT molecular complexity index is 337. The Morgan fingerprint density at radius 2 is 1.94 bits per heavy atom. The molecule has 0 saturated heterocycles. The fourth-order valence-electron chi connectivity index (χ4n) is 1.22. The number of halogens is 3. The Labute approximate surface area is 89.6 Å². The van der Waals surface area contributed by atoms with Crippen molar-refractivity contribution in [1.29, 1.82) is 0 Å². The Morgan fingerprint density at radius 3 is 2.44 bits per heavy atom. The summed E-state index contributed by atoms with van der Waals surface area (Å²) in [6.07, 6.45) is -5.90. The van der Waals surface area contributed by atoms with Crippen molar-refractivity contribution in [3.63, 3.8) is 0 Å². The molecule has 1 rings (SSSR count). The fraction of sp³-hybridized carbons (Fsp3) is 0.556. The zero-order chi connectivity index (χ0) is 12.3. The number of aliphatic hydroxyl groups excluding tert-OH is 3. The zero-order valence-corrected chi connectivity index (χ0v) is 8.22. The van der Waals surface area contributed by atoms with Crippen LogP contribution in [0.15, 0.2) is 18.5 Å². The van der Waals surface area contributed by atoms with Crippen LogP contribution in [0.3, 0.4) is 0 Å². The average molecular weight is 239 g/mol. The molecule has 0 bridgehead atoms. The first-order valence-electron chi connectivity index (χ1n) is 4.54. The number of hydrogen-bond acceptors (Lipinski definition) is 3. The van der Waals surface area contributed by atoms with E-state index in [9.17, 15) is 13.2 Å². The summed E-state index contributed by atoms with van der Waals surface area (Å²) in [6.45, 7) is -0.504. The van der Waals surface area contributed by atoms with Crippen molar-refractivity contribution in [2.45, 2.75) is 24.9 Å². The molecule has 0 radical (unpaired) electrons. The van der Waals surface area contributed by atoms with E-state index in [0.717, 1.165) is 12.3 Å². The lowest BCUT2D eigenvalue weighted by Crippen LogP contribution is -2.20. The number of nitrogens with zero attached hydrogens (tertiary/aromatic N) is 1. The first-order valence-corrected chi connectivity index (χ1v) is 4.54. The SMILES string of the molecule is OCC(O)Cn1ccc(C(O)C(F)(F)F)c1. The molecular weight excluding hydrogens is 227 g/mol. The largest absolute Gasteiger partial charge is 0.418 e. The van der Waals surface area contributed by atoms with Gasteiger partial charge in [-0.2, -0.15) is 13.2 Å². The minimum Gasteiger partial charge on any atom is -0.394 e. The van der Waals surface area contributed by atoms with Crippen molar-refractivity contribution in [1.82, 2.24) is 4.57 Å². The van der Waals surface area contributed by atoms with Gasteiger partial charge in [0, 0.05) is 18.0 Å². The number of rotatable bonds is 4.